The first-order valence-corrected chi connectivity index (χ1v) is 8.04. The lowest BCUT2D eigenvalue weighted by Crippen LogP contribution is -2.12. The maximum Gasteiger partial charge on any atom is 0.188 e. The average molecular weight is 401 g/mol. The second-order valence-corrected chi connectivity index (χ2v) is 5.96. The van der Waals surface area contributed by atoms with Crippen molar-refractivity contribution in [3.63, 3.8) is 0 Å². The van der Waals surface area contributed by atoms with E-state index in [0.717, 1.165) is 33.3 Å². The van der Waals surface area contributed by atoms with Gasteiger partial charge in [-0.15, -0.1) is 0 Å². The molecule has 2 rings (SSSR count). The number of carbonyl (C=O) groups is 1. The summed E-state index contributed by atoms with van der Waals surface area (Å²) in [6.45, 7) is 4.81. The summed E-state index contributed by atoms with van der Waals surface area (Å²) in [6.07, 6.45) is 2.75. The van der Waals surface area contributed by atoms with Crippen LogP contribution in [-0.2, 0) is 19.4 Å². The summed E-state index contributed by atoms with van der Waals surface area (Å²) >= 11 is 6.92. The molecule has 2 heterocycles. The van der Waals surface area contributed by atoms with Gasteiger partial charge in [0.2, 0.25) is 0 Å². The van der Waals surface area contributed by atoms with E-state index >= 15 is 0 Å². The fourth-order valence-electron chi connectivity index (χ4n) is 2.01. The van der Waals surface area contributed by atoms with Gasteiger partial charge in [0.25, 0.3) is 0 Å². The molecular formula is C14H15Br2N3O. The fraction of sp³-hybridized carbons (Fsp3) is 0.357. The Kier molecular flexibility index (Phi) is 5.10. The highest BCUT2D eigenvalue weighted by molar-refractivity contribution is 9.10. The molecule has 0 fully saturated rings. The zero-order valence-electron chi connectivity index (χ0n) is 11.4. The van der Waals surface area contributed by atoms with Crippen molar-refractivity contribution in [2.24, 2.45) is 0 Å². The van der Waals surface area contributed by atoms with Crippen molar-refractivity contribution < 1.29 is 4.79 Å². The van der Waals surface area contributed by atoms with E-state index in [2.05, 4.69) is 41.9 Å². The van der Waals surface area contributed by atoms with Crippen LogP contribution in [0.2, 0.25) is 0 Å². The van der Waals surface area contributed by atoms with Crippen molar-refractivity contribution in [3.05, 3.63) is 44.4 Å². The number of pyridine rings is 1. The first kappa shape index (κ1) is 15.4. The van der Waals surface area contributed by atoms with Crippen molar-refractivity contribution in [3.8, 4) is 0 Å². The van der Waals surface area contributed by atoms with Gasteiger partial charge < -0.3 is 0 Å². The Balaban J connectivity index is 2.33. The van der Waals surface area contributed by atoms with E-state index in [1.165, 1.54) is 0 Å². The zero-order chi connectivity index (χ0) is 14.7. The van der Waals surface area contributed by atoms with Crippen molar-refractivity contribution >= 4 is 37.6 Å². The van der Waals surface area contributed by atoms with Gasteiger partial charge in [0.1, 0.15) is 5.69 Å². The Morgan fingerprint density at radius 1 is 1.35 bits per heavy atom. The van der Waals surface area contributed by atoms with Gasteiger partial charge >= 0.3 is 0 Å². The number of aromatic nitrogens is 3. The lowest BCUT2D eigenvalue weighted by atomic mass is 10.1. The molecule has 0 bridgehead atoms. The monoisotopic (exact) mass is 399 g/mol. The number of nitrogens with zero attached hydrogens (tertiary/aromatic N) is 3. The minimum absolute atomic E-state index is 0.0181. The Morgan fingerprint density at radius 2 is 2.10 bits per heavy atom. The van der Waals surface area contributed by atoms with Crippen molar-refractivity contribution in [2.75, 3.05) is 0 Å². The van der Waals surface area contributed by atoms with Gasteiger partial charge in [0.05, 0.1) is 22.3 Å². The summed E-state index contributed by atoms with van der Waals surface area (Å²) in [4.78, 5) is 16.5. The highest BCUT2D eigenvalue weighted by Crippen LogP contribution is 2.24. The molecular weight excluding hydrogens is 386 g/mol. The van der Waals surface area contributed by atoms with Crippen LogP contribution in [0.3, 0.4) is 0 Å². The third-order valence-electron chi connectivity index (χ3n) is 3.04. The van der Waals surface area contributed by atoms with Crippen LogP contribution in [0.15, 0.2) is 27.3 Å². The van der Waals surface area contributed by atoms with Crippen molar-refractivity contribution in [1.29, 1.82) is 0 Å². The van der Waals surface area contributed by atoms with Crippen molar-refractivity contribution in [1.82, 2.24) is 14.8 Å². The minimum Gasteiger partial charge on any atom is -0.292 e. The van der Waals surface area contributed by atoms with Crippen LogP contribution >= 0.6 is 31.9 Å². The Hall–Kier alpha value is -1.01. The summed E-state index contributed by atoms with van der Waals surface area (Å²) < 4.78 is 3.53. The van der Waals surface area contributed by atoms with Crippen LogP contribution in [-0.4, -0.2) is 20.5 Å². The molecule has 0 saturated carbocycles. The standard InChI is InChI=1S/C14H15Br2N3O/c1-3-10-13(16)11(19(4-2)18-10)8-12(20)14-9(15)6-5-7-17-14/h5-7H,3-4,8H2,1-2H3. The molecule has 0 atom stereocenters. The molecule has 0 saturated heterocycles. The molecule has 0 aliphatic heterocycles. The largest absolute Gasteiger partial charge is 0.292 e. The van der Waals surface area contributed by atoms with E-state index in [-0.39, 0.29) is 12.2 Å². The quantitative estimate of drug-likeness (QED) is 0.717. The lowest BCUT2D eigenvalue weighted by Gasteiger charge is -2.05. The van der Waals surface area contributed by atoms with E-state index in [0.29, 0.717) is 5.69 Å². The summed E-state index contributed by atoms with van der Waals surface area (Å²) in [7, 11) is 0. The SMILES string of the molecule is CCc1nn(CC)c(CC(=O)c2ncccc2Br)c1Br. The second kappa shape index (κ2) is 6.63. The molecule has 0 N–H and O–H groups in total. The number of hydrogen-bond donors (Lipinski definition) is 0. The predicted molar refractivity (Wildman–Crippen MR) is 85.0 cm³/mol. The van der Waals surface area contributed by atoms with Gasteiger partial charge in [-0.2, -0.15) is 5.10 Å². The van der Waals surface area contributed by atoms with Gasteiger partial charge in [-0.1, -0.05) is 6.92 Å². The molecule has 6 heteroatoms. The smallest absolute Gasteiger partial charge is 0.188 e. The number of halogens is 2. The van der Waals surface area contributed by atoms with Crippen LogP contribution in [0.5, 0.6) is 0 Å². The molecule has 0 spiro atoms. The summed E-state index contributed by atoms with van der Waals surface area (Å²) in [5, 5.41) is 4.50. The van der Waals surface area contributed by atoms with Crippen LogP contribution in [0.25, 0.3) is 0 Å². The van der Waals surface area contributed by atoms with Gasteiger partial charge in [-0.3, -0.25) is 14.5 Å². The molecule has 106 valence electrons. The van der Waals surface area contributed by atoms with E-state index in [1.807, 2.05) is 24.6 Å². The maximum absolute atomic E-state index is 12.4. The number of rotatable bonds is 5. The van der Waals surface area contributed by atoms with Crippen LogP contribution in [0, 0.1) is 0 Å². The third-order valence-corrected chi connectivity index (χ3v) is 4.60. The molecule has 0 amide bonds. The molecule has 20 heavy (non-hydrogen) atoms. The molecule has 0 aliphatic carbocycles. The van der Waals surface area contributed by atoms with E-state index in [1.54, 1.807) is 12.3 Å². The van der Waals surface area contributed by atoms with Gasteiger partial charge in [0.15, 0.2) is 5.78 Å². The minimum atomic E-state index is -0.0181. The molecule has 0 aliphatic rings. The maximum atomic E-state index is 12.4. The summed E-state index contributed by atoms with van der Waals surface area (Å²) in [6, 6.07) is 3.62. The number of aryl methyl sites for hydroxylation is 2. The molecule has 0 aromatic carbocycles. The zero-order valence-corrected chi connectivity index (χ0v) is 14.5. The molecule has 0 unspecified atom stereocenters. The first-order chi connectivity index (χ1) is 9.58. The van der Waals surface area contributed by atoms with E-state index < -0.39 is 0 Å². The molecule has 2 aromatic heterocycles. The van der Waals surface area contributed by atoms with Crippen LogP contribution in [0.4, 0.5) is 0 Å². The average Bonchev–Trinajstić information content (AvgIpc) is 2.75. The van der Waals surface area contributed by atoms with E-state index in [4.69, 9.17) is 0 Å². The summed E-state index contributed by atoms with van der Waals surface area (Å²) in [5.74, 6) is -0.0181. The topological polar surface area (TPSA) is 47.8 Å². The fourth-order valence-corrected chi connectivity index (χ4v) is 3.19. The molecule has 0 radical (unpaired) electrons. The van der Waals surface area contributed by atoms with Crippen LogP contribution in [0.1, 0.15) is 35.7 Å². The van der Waals surface area contributed by atoms with E-state index in [9.17, 15) is 4.79 Å². The van der Waals surface area contributed by atoms with Gasteiger partial charge in [0, 0.05) is 17.2 Å². The highest BCUT2D eigenvalue weighted by Gasteiger charge is 2.19. The Labute approximate surface area is 134 Å². The lowest BCUT2D eigenvalue weighted by molar-refractivity contribution is 0.0985. The van der Waals surface area contributed by atoms with Gasteiger partial charge in [-0.05, 0) is 57.3 Å². The number of ketones is 1. The molecule has 4 nitrogen and oxygen atoms in total. The second-order valence-electron chi connectivity index (χ2n) is 4.31. The normalized spacial score (nSPS) is 10.8. The third kappa shape index (κ3) is 3.01. The number of carbonyl (C=O) groups excluding carboxylic acids is 1. The Bertz CT molecular complexity index is 637. The van der Waals surface area contributed by atoms with Crippen LogP contribution < -0.4 is 0 Å². The first-order valence-electron chi connectivity index (χ1n) is 6.46. The Morgan fingerprint density at radius 3 is 2.70 bits per heavy atom. The molecule has 2 aromatic rings. The number of hydrogen-bond acceptors (Lipinski definition) is 3. The summed E-state index contributed by atoms with van der Waals surface area (Å²) in [5.41, 5.74) is 2.35. The van der Waals surface area contributed by atoms with Crippen molar-refractivity contribution in [2.45, 2.75) is 33.2 Å². The van der Waals surface area contributed by atoms with Gasteiger partial charge in [-0.25, -0.2) is 0 Å². The predicted octanol–water partition coefficient (Wildman–Crippen LogP) is 3.81. The number of Topliss-reactive ketones (excluding diaryl/α,β-unsaturated/α-hetero) is 1. The highest BCUT2D eigenvalue weighted by atomic mass is 79.9.